The van der Waals surface area contributed by atoms with Gasteiger partial charge in [0.2, 0.25) is 0 Å². The topological polar surface area (TPSA) is 87.2 Å². The lowest BCUT2D eigenvalue weighted by molar-refractivity contribution is -0.559. The maximum Gasteiger partial charge on any atom is 0.338 e. The number of fused-ring (bicyclic) bond motifs is 3. The number of nitrogens with zero attached hydrogens (tertiary/aromatic N) is 3. The Hall–Kier alpha value is -4.24. The number of hydrogen-bond acceptors (Lipinski definition) is 5. The van der Waals surface area contributed by atoms with Gasteiger partial charge in [0.15, 0.2) is 11.9 Å². The third-order valence-corrected chi connectivity index (χ3v) is 6.51. The fraction of sp³-hybridized carbons (Fsp3) is 0.154. The normalized spacial score (nSPS) is 25.5. The Kier molecular flexibility index (Phi) is 4.60. The first kappa shape index (κ1) is 19.7. The van der Waals surface area contributed by atoms with E-state index in [9.17, 15) is 20.2 Å². The van der Waals surface area contributed by atoms with Crippen LogP contribution < -0.4 is 0 Å². The molecule has 0 amide bonds. The van der Waals surface area contributed by atoms with E-state index < -0.39 is 28.5 Å². The summed E-state index contributed by atoms with van der Waals surface area (Å²) in [4.78, 5) is 27.8. The van der Waals surface area contributed by atoms with Crippen LogP contribution in [0.4, 0.5) is 0 Å². The summed E-state index contributed by atoms with van der Waals surface area (Å²) in [5.41, 5.74) is 0.506. The van der Waals surface area contributed by atoms with Gasteiger partial charge in [0.1, 0.15) is 12.1 Å². The number of carbonyl (C=O) groups is 1. The molecular formula is C26H19N3O3. The van der Waals surface area contributed by atoms with E-state index in [-0.39, 0.29) is 5.78 Å². The van der Waals surface area contributed by atoms with Crippen LogP contribution in [0.1, 0.15) is 39.0 Å². The Labute approximate surface area is 185 Å². The second-order valence-electron chi connectivity index (χ2n) is 8.05. The predicted octanol–water partition coefficient (Wildman–Crippen LogP) is 4.60. The molecule has 1 saturated heterocycles. The molecule has 0 bridgehead atoms. The molecule has 156 valence electrons. The van der Waals surface area contributed by atoms with Crippen LogP contribution in [0, 0.1) is 21.4 Å². The van der Waals surface area contributed by atoms with Gasteiger partial charge in [-0.15, -0.1) is 0 Å². The van der Waals surface area contributed by atoms with Crippen molar-refractivity contribution >= 4 is 11.9 Å². The molecule has 32 heavy (non-hydrogen) atoms. The van der Waals surface area contributed by atoms with Crippen LogP contribution in [0.15, 0.2) is 91.1 Å². The largest absolute Gasteiger partial charge is 0.351 e. The molecule has 5 rings (SSSR count). The molecule has 0 aromatic heterocycles. The van der Waals surface area contributed by atoms with Crippen LogP contribution in [0.2, 0.25) is 0 Å². The first-order valence-electron chi connectivity index (χ1n) is 10.3. The van der Waals surface area contributed by atoms with Crippen LogP contribution >= 0.6 is 0 Å². The minimum atomic E-state index is -2.04. The highest BCUT2D eigenvalue weighted by Gasteiger charge is 2.71. The smallest absolute Gasteiger partial charge is 0.338 e. The Morgan fingerprint density at radius 1 is 0.969 bits per heavy atom. The molecule has 0 N–H and O–H groups in total. The zero-order valence-electron chi connectivity index (χ0n) is 17.0. The van der Waals surface area contributed by atoms with Gasteiger partial charge in [-0.1, -0.05) is 84.9 Å². The molecule has 1 fully saturated rings. The molecule has 2 aliphatic heterocycles. The zero-order valence-corrected chi connectivity index (χ0v) is 17.0. The maximum atomic E-state index is 13.8. The highest BCUT2D eigenvalue weighted by Crippen LogP contribution is 2.56. The number of nitriles is 1. The van der Waals surface area contributed by atoms with Crippen LogP contribution in [-0.2, 0) is 0 Å². The molecule has 0 unspecified atom stereocenters. The van der Waals surface area contributed by atoms with Crippen molar-refractivity contribution in [2.24, 2.45) is 0 Å². The van der Waals surface area contributed by atoms with E-state index in [4.69, 9.17) is 0 Å². The number of carbonyl (C=O) groups excluding carboxylic acids is 1. The Morgan fingerprint density at radius 3 is 2.25 bits per heavy atom. The fourth-order valence-electron chi connectivity index (χ4n) is 5.17. The lowest BCUT2D eigenvalue weighted by Gasteiger charge is -2.33. The van der Waals surface area contributed by atoms with Crippen LogP contribution in [-0.4, -0.2) is 27.2 Å². The standard InChI is InChI=1S/C26H19N3O3/c27-17-26(29(31)32)22(19-10-3-1-4-11-19)23(24(30)20-12-5-2-6-13-20)28-16-15-18-9-7-8-14-21(18)25(26)28/h1-16,22-23,25H/t22-,23+,25+,26+/m1/s1. The van der Waals surface area contributed by atoms with Gasteiger partial charge in [0.25, 0.3) is 0 Å². The van der Waals surface area contributed by atoms with Gasteiger partial charge in [-0.2, -0.15) is 5.26 Å². The minimum Gasteiger partial charge on any atom is -0.351 e. The van der Waals surface area contributed by atoms with Crippen molar-refractivity contribution in [1.82, 2.24) is 4.90 Å². The highest BCUT2D eigenvalue weighted by atomic mass is 16.6. The third-order valence-electron chi connectivity index (χ3n) is 6.51. The lowest BCUT2D eigenvalue weighted by atomic mass is 9.73. The van der Waals surface area contributed by atoms with Gasteiger partial charge in [-0.05, 0) is 22.8 Å². The number of hydrogen-bond donors (Lipinski definition) is 0. The van der Waals surface area contributed by atoms with Gasteiger partial charge in [-0.25, -0.2) is 0 Å². The zero-order chi connectivity index (χ0) is 22.3. The summed E-state index contributed by atoms with van der Waals surface area (Å²) < 4.78 is 0. The summed E-state index contributed by atoms with van der Waals surface area (Å²) in [6, 6.07) is 25.3. The van der Waals surface area contributed by atoms with Gasteiger partial charge < -0.3 is 4.90 Å². The van der Waals surface area contributed by atoms with Crippen molar-refractivity contribution in [3.05, 3.63) is 123 Å². The van der Waals surface area contributed by atoms with Crippen molar-refractivity contribution < 1.29 is 9.72 Å². The SMILES string of the molecule is N#C[C@]1([N+](=O)[O-])[C@H](c2ccccc2)[C@@H](C(=O)c2ccccc2)N2C=Cc3ccccc3[C@H]21. The Morgan fingerprint density at radius 2 is 1.59 bits per heavy atom. The highest BCUT2D eigenvalue weighted by molar-refractivity contribution is 6.01. The summed E-state index contributed by atoms with van der Waals surface area (Å²) in [5.74, 6) is -1.20. The second-order valence-corrected chi connectivity index (χ2v) is 8.05. The van der Waals surface area contributed by atoms with E-state index in [1.165, 1.54) is 0 Å². The number of ketones is 1. The maximum absolute atomic E-state index is 13.8. The van der Waals surface area contributed by atoms with E-state index in [0.717, 1.165) is 5.56 Å². The first-order chi connectivity index (χ1) is 15.6. The molecule has 0 spiro atoms. The van der Waals surface area contributed by atoms with Crippen LogP contribution in [0.3, 0.4) is 0 Å². The summed E-state index contributed by atoms with van der Waals surface area (Å²) in [7, 11) is 0. The van der Waals surface area contributed by atoms with Gasteiger partial charge in [0, 0.05) is 16.7 Å². The molecule has 0 aliphatic carbocycles. The summed E-state index contributed by atoms with van der Waals surface area (Å²) in [6.45, 7) is 0. The number of rotatable bonds is 4. The van der Waals surface area contributed by atoms with E-state index in [2.05, 4.69) is 6.07 Å². The van der Waals surface area contributed by atoms with Crippen molar-refractivity contribution in [2.75, 3.05) is 0 Å². The quantitative estimate of drug-likeness (QED) is 0.349. The van der Waals surface area contributed by atoms with Gasteiger partial charge in [-0.3, -0.25) is 14.9 Å². The molecule has 6 heteroatoms. The van der Waals surface area contributed by atoms with Crippen molar-refractivity contribution in [1.29, 1.82) is 5.26 Å². The summed E-state index contributed by atoms with van der Waals surface area (Å²) in [6.07, 6.45) is 3.59. The van der Waals surface area contributed by atoms with E-state index in [1.54, 1.807) is 59.6 Å². The fourth-order valence-corrected chi connectivity index (χ4v) is 5.17. The van der Waals surface area contributed by atoms with E-state index >= 15 is 0 Å². The van der Waals surface area contributed by atoms with E-state index in [1.807, 2.05) is 42.5 Å². The molecule has 0 saturated carbocycles. The average Bonchev–Trinajstić information content (AvgIpc) is 3.16. The van der Waals surface area contributed by atoms with Crippen molar-refractivity contribution in [3.8, 4) is 6.07 Å². The Bertz CT molecular complexity index is 1270. The molecule has 2 heterocycles. The van der Waals surface area contributed by atoms with Crippen LogP contribution in [0.5, 0.6) is 0 Å². The van der Waals surface area contributed by atoms with Gasteiger partial charge >= 0.3 is 5.54 Å². The minimum absolute atomic E-state index is 0.243. The molecule has 0 radical (unpaired) electrons. The lowest BCUT2D eigenvalue weighted by Crippen LogP contribution is -2.46. The Balaban J connectivity index is 1.80. The molecule has 6 nitrogen and oxygen atoms in total. The number of Topliss-reactive ketones (excluding diaryl/α,β-unsaturated/α-hetero) is 1. The molecule has 3 aromatic rings. The number of benzene rings is 3. The van der Waals surface area contributed by atoms with Crippen LogP contribution in [0.25, 0.3) is 6.08 Å². The first-order valence-corrected chi connectivity index (χ1v) is 10.3. The molecular weight excluding hydrogens is 402 g/mol. The molecule has 4 atom stereocenters. The summed E-state index contributed by atoms with van der Waals surface area (Å²) >= 11 is 0. The molecule has 3 aromatic carbocycles. The van der Waals surface area contributed by atoms with Gasteiger partial charge in [0.05, 0.1) is 5.92 Å². The third kappa shape index (κ3) is 2.68. The summed E-state index contributed by atoms with van der Waals surface area (Å²) in [5, 5.41) is 23.1. The van der Waals surface area contributed by atoms with Crippen molar-refractivity contribution in [3.63, 3.8) is 0 Å². The van der Waals surface area contributed by atoms with Crippen molar-refractivity contribution in [2.45, 2.75) is 23.5 Å². The number of nitro groups is 1. The second kappa shape index (κ2) is 7.47. The average molecular weight is 421 g/mol. The monoisotopic (exact) mass is 421 g/mol. The van der Waals surface area contributed by atoms with E-state index in [0.29, 0.717) is 16.7 Å². The predicted molar refractivity (Wildman–Crippen MR) is 119 cm³/mol. The molecule has 2 aliphatic rings.